The van der Waals surface area contributed by atoms with Gasteiger partial charge in [-0.1, -0.05) is 36.4 Å². The van der Waals surface area contributed by atoms with Gasteiger partial charge in [-0.3, -0.25) is 9.52 Å². The van der Waals surface area contributed by atoms with Gasteiger partial charge in [0, 0.05) is 12.1 Å². The lowest BCUT2D eigenvalue weighted by Gasteiger charge is -2.13. The summed E-state index contributed by atoms with van der Waals surface area (Å²) in [4.78, 5) is 24.3. The van der Waals surface area contributed by atoms with Gasteiger partial charge in [0.25, 0.3) is 15.9 Å². The Hall–Kier alpha value is -3.65. The van der Waals surface area contributed by atoms with Crippen molar-refractivity contribution in [2.45, 2.75) is 25.3 Å². The molecule has 0 bridgehead atoms. The lowest BCUT2D eigenvalue weighted by atomic mass is 10.1. The number of sulfonamides is 1. The van der Waals surface area contributed by atoms with E-state index in [2.05, 4.69) is 14.8 Å². The molecule has 0 atom stereocenters. The predicted molar refractivity (Wildman–Crippen MR) is 122 cm³/mol. The van der Waals surface area contributed by atoms with Gasteiger partial charge in [-0.15, -0.1) is 0 Å². The van der Waals surface area contributed by atoms with Crippen LogP contribution in [0.1, 0.15) is 37.4 Å². The highest BCUT2D eigenvalue weighted by molar-refractivity contribution is 7.92. The summed E-state index contributed by atoms with van der Waals surface area (Å²) in [5.41, 5.74) is 3.39. The van der Waals surface area contributed by atoms with E-state index in [1.807, 2.05) is 19.1 Å². The molecular weight excluding hydrogens is 428 g/mol. The van der Waals surface area contributed by atoms with Crippen molar-refractivity contribution in [2.24, 2.45) is 0 Å². The van der Waals surface area contributed by atoms with Crippen molar-refractivity contribution in [1.29, 1.82) is 0 Å². The van der Waals surface area contributed by atoms with Crippen LogP contribution in [-0.4, -0.2) is 27.4 Å². The van der Waals surface area contributed by atoms with Gasteiger partial charge in [-0.2, -0.15) is 0 Å². The van der Waals surface area contributed by atoms with Crippen LogP contribution in [0.15, 0.2) is 71.6 Å². The maximum Gasteiger partial charge on any atom is 0.337 e. The number of aryl methyl sites for hydroxylation is 2. The van der Waals surface area contributed by atoms with Crippen LogP contribution in [0.2, 0.25) is 0 Å². The van der Waals surface area contributed by atoms with Gasteiger partial charge < -0.3 is 10.1 Å². The second-order valence-corrected chi connectivity index (χ2v) is 8.95. The van der Waals surface area contributed by atoms with E-state index < -0.39 is 21.9 Å². The van der Waals surface area contributed by atoms with Gasteiger partial charge >= 0.3 is 5.97 Å². The Morgan fingerprint density at radius 1 is 0.906 bits per heavy atom. The number of esters is 1. The molecule has 1 amide bonds. The number of hydrogen-bond donors (Lipinski definition) is 2. The molecule has 7 nitrogen and oxygen atoms in total. The molecule has 3 aromatic rings. The normalized spacial score (nSPS) is 11.0. The van der Waals surface area contributed by atoms with Gasteiger partial charge in [-0.25, -0.2) is 13.2 Å². The number of amides is 1. The summed E-state index contributed by atoms with van der Waals surface area (Å²) >= 11 is 0. The first-order valence-electron chi connectivity index (χ1n) is 9.86. The van der Waals surface area contributed by atoms with E-state index in [4.69, 9.17) is 0 Å². The maximum absolute atomic E-state index is 12.9. The first-order valence-corrected chi connectivity index (χ1v) is 11.3. The number of methoxy groups -OCH3 is 1. The fourth-order valence-corrected chi connectivity index (χ4v) is 4.21. The smallest absolute Gasteiger partial charge is 0.337 e. The minimum absolute atomic E-state index is 0.000987. The highest BCUT2D eigenvalue weighted by atomic mass is 32.2. The molecule has 0 aliphatic heterocycles. The molecule has 2 N–H and O–H groups in total. The van der Waals surface area contributed by atoms with E-state index in [0.29, 0.717) is 16.8 Å². The molecule has 32 heavy (non-hydrogen) atoms. The molecule has 0 saturated carbocycles. The first kappa shape index (κ1) is 23.0. The molecule has 3 aromatic carbocycles. The summed E-state index contributed by atoms with van der Waals surface area (Å²) in [6.45, 7) is 3.77. The number of benzene rings is 3. The number of para-hydroxylation sites is 1. The van der Waals surface area contributed by atoms with Crippen molar-refractivity contribution in [3.8, 4) is 0 Å². The lowest BCUT2D eigenvalue weighted by Crippen LogP contribution is -2.24. The van der Waals surface area contributed by atoms with Crippen molar-refractivity contribution in [3.05, 3.63) is 94.5 Å². The molecule has 0 aliphatic rings. The standard InChI is InChI=1S/C24H24N2O5S/c1-16-8-13-20(32(29,30)26-22-7-5-4-6-17(22)2)14-21(16)23(27)25-15-18-9-11-19(12-10-18)24(28)31-3/h4-14,26H,15H2,1-3H3,(H,25,27). The lowest BCUT2D eigenvalue weighted by molar-refractivity contribution is 0.0600. The highest BCUT2D eigenvalue weighted by Crippen LogP contribution is 2.21. The number of hydrogen-bond acceptors (Lipinski definition) is 5. The minimum Gasteiger partial charge on any atom is -0.465 e. The van der Waals surface area contributed by atoms with Crippen LogP contribution in [-0.2, 0) is 21.3 Å². The molecule has 166 valence electrons. The monoisotopic (exact) mass is 452 g/mol. The Balaban J connectivity index is 1.75. The number of carbonyl (C=O) groups is 2. The van der Waals surface area contributed by atoms with E-state index in [1.165, 1.54) is 19.2 Å². The number of carbonyl (C=O) groups excluding carboxylic acids is 2. The number of nitrogens with one attached hydrogen (secondary N) is 2. The zero-order valence-corrected chi connectivity index (χ0v) is 18.8. The Morgan fingerprint density at radius 2 is 1.59 bits per heavy atom. The fourth-order valence-electron chi connectivity index (χ4n) is 3.06. The molecule has 8 heteroatoms. The maximum atomic E-state index is 12.9. The molecule has 0 heterocycles. The Labute approximate surface area is 187 Å². The third-order valence-electron chi connectivity index (χ3n) is 4.98. The van der Waals surface area contributed by atoms with Crippen LogP contribution in [0.25, 0.3) is 0 Å². The van der Waals surface area contributed by atoms with E-state index in [9.17, 15) is 18.0 Å². The van der Waals surface area contributed by atoms with Crippen LogP contribution in [0.5, 0.6) is 0 Å². The third kappa shape index (κ3) is 5.33. The van der Waals surface area contributed by atoms with Crippen LogP contribution in [0, 0.1) is 13.8 Å². The summed E-state index contributed by atoms with van der Waals surface area (Å²) in [7, 11) is -2.56. The average Bonchev–Trinajstić information content (AvgIpc) is 2.79. The largest absolute Gasteiger partial charge is 0.465 e. The summed E-state index contributed by atoms with van der Waals surface area (Å²) in [5, 5.41) is 2.79. The van der Waals surface area contributed by atoms with Crippen molar-refractivity contribution in [2.75, 3.05) is 11.8 Å². The quantitative estimate of drug-likeness (QED) is 0.531. The van der Waals surface area contributed by atoms with E-state index in [1.54, 1.807) is 49.4 Å². The molecule has 0 fully saturated rings. The second kappa shape index (κ2) is 9.65. The number of rotatable bonds is 7. The van der Waals surface area contributed by atoms with Gasteiger partial charge in [0.1, 0.15) is 0 Å². The number of anilines is 1. The van der Waals surface area contributed by atoms with Crippen LogP contribution in [0.4, 0.5) is 5.69 Å². The first-order chi connectivity index (χ1) is 15.2. The average molecular weight is 453 g/mol. The predicted octanol–water partition coefficient (Wildman–Crippen LogP) is 3.82. The van der Waals surface area contributed by atoms with Gasteiger partial charge in [0.05, 0.1) is 23.3 Å². The zero-order chi connectivity index (χ0) is 23.3. The summed E-state index contributed by atoms with van der Waals surface area (Å²) in [6, 6.07) is 18.2. The summed E-state index contributed by atoms with van der Waals surface area (Å²) in [5.74, 6) is -0.832. The second-order valence-electron chi connectivity index (χ2n) is 7.27. The van der Waals surface area contributed by atoms with Gasteiger partial charge in [0.2, 0.25) is 0 Å². The Bertz CT molecular complexity index is 1250. The van der Waals surface area contributed by atoms with Crippen LogP contribution in [0.3, 0.4) is 0 Å². The van der Waals surface area contributed by atoms with Crippen LogP contribution < -0.4 is 10.0 Å². The molecular formula is C24H24N2O5S. The molecule has 0 radical (unpaired) electrons. The molecule has 0 saturated heterocycles. The van der Waals surface area contributed by atoms with Crippen molar-refractivity contribution in [3.63, 3.8) is 0 Å². The van der Waals surface area contributed by atoms with Crippen molar-refractivity contribution >= 4 is 27.6 Å². The summed E-state index contributed by atoms with van der Waals surface area (Å²) < 4.78 is 32.9. The molecule has 0 aromatic heterocycles. The topological polar surface area (TPSA) is 102 Å². The van der Waals surface area contributed by atoms with E-state index >= 15 is 0 Å². The zero-order valence-electron chi connectivity index (χ0n) is 18.0. The third-order valence-corrected chi connectivity index (χ3v) is 6.34. The fraction of sp³-hybridized carbons (Fsp3) is 0.167. The van der Waals surface area contributed by atoms with Gasteiger partial charge in [-0.05, 0) is 60.9 Å². The Kier molecular flexibility index (Phi) is 6.95. The Morgan fingerprint density at radius 3 is 2.25 bits per heavy atom. The molecule has 3 rings (SSSR count). The summed E-state index contributed by atoms with van der Waals surface area (Å²) in [6.07, 6.45) is 0. The van der Waals surface area contributed by atoms with E-state index in [-0.39, 0.29) is 17.0 Å². The number of ether oxygens (including phenoxy) is 1. The molecule has 0 aliphatic carbocycles. The minimum atomic E-state index is -3.86. The van der Waals surface area contributed by atoms with Gasteiger partial charge in [0.15, 0.2) is 0 Å². The van der Waals surface area contributed by atoms with E-state index in [0.717, 1.165) is 11.1 Å². The highest BCUT2D eigenvalue weighted by Gasteiger charge is 2.19. The van der Waals surface area contributed by atoms with Crippen LogP contribution >= 0.6 is 0 Å². The molecule has 0 unspecified atom stereocenters. The SMILES string of the molecule is COC(=O)c1ccc(CNC(=O)c2cc(S(=O)(=O)Nc3ccccc3C)ccc2C)cc1. The van der Waals surface area contributed by atoms with Crippen molar-refractivity contribution < 1.29 is 22.7 Å². The molecule has 0 spiro atoms. The van der Waals surface area contributed by atoms with Crippen molar-refractivity contribution in [1.82, 2.24) is 5.32 Å².